The molecule has 1 aromatic heterocycles. The molecule has 0 aliphatic heterocycles. The largest absolute Gasteiger partial charge is 0.460 e. The molecule has 1 atom stereocenters. The third-order valence-electron chi connectivity index (χ3n) is 4.23. The fourth-order valence-electron chi connectivity index (χ4n) is 2.86. The summed E-state index contributed by atoms with van der Waals surface area (Å²) in [6.45, 7) is 4.85. The molecule has 1 heterocycles. The van der Waals surface area contributed by atoms with Gasteiger partial charge in [-0.15, -0.1) is 0 Å². The number of para-hydroxylation sites is 1. The van der Waals surface area contributed by atoms with E-state index in [1.807, 2.05) is 48.5 Å². The summed E-state index contributed by atoms with van der Waals surface area (Å²) in [6, 6.07) is 15.7. The summed E-state index contributed by atoms with van der Waals surface area (Å²) in [5, 5.41) is 3.84. The summed E-state index contributed by atoms with van der Waals surface area (Å²) in [4.78, 5) is 12.2. The summed E-state index contributed by atoms with van der Waals surface area (Å²) < 4.78 is 10.9. The van der Waals surface area contributed by atoms with E-state index in [4.69, 9.17) is 20.8 Å². The molecule has 0 unspecified atom stereocenters. The monoisotopic (exact) mass is 358 g/mol. The quantitative estimate of drug-likeness (QED) is 0.675. The lowest BCUT2D eigenvalue weighted by Gasteiger charge is -2.11. The minimum Gasteiger partial charge on any atom is -0.460 e. The molecular weight excluding hydrogens is 338 g/mol. The van der Waals surface area contributed by atoms with Gasteiger partial charge in [-0.2, -0.15) is 0 Å². The van der Waals surface area contributed by atoms with Gasteiger partial charge in [0, 0.05) is 16.0 Å². The molecule has 0 saturated heterocycles. The standard InChI is InChI=1S/C20H20ClNO3/c1-3-24-20(23)19-17(16-6-4-5-7-18(16)25-19)12-22-13(2)14-8-10-15(21)11-9-14/h4-11,13,22H,3,12H2,1-2H3/p+1/t13-/m1/s1. The van der Waals surface area contributed by atoms with Gasteiger partial charge >= 0.3 is 5.97 Å². The number of fused-ring (bicyclic) bond motifs is 1. The highest BCUT2D eigenvalue weighted by Crippen LogP contribution is 2.26. The van der Waals surface area contributed by atoms with Crippen molar-refractivity contribution < 1.29 is 19.3 Å². The molecule has 0 saturated carbocycles. The Bertz CT molecular complexity index is 870. The van der Waals surface area contributed by atoms with Crippen molar-refractivity contribution in [1.82, 2.24) is 0 Å². The van der Waals surface area contributed by atoms with E-state index in [2.05, 4.69) is 12.2 Å². The number of halogens is 1. The van der Waals surface area contributed by atoms with Crippen molar-refractivity contribution in [2.75, 3.05) is 6.61 Å². The molecule has 0 fully saturated rings. The average Bonchev–Trinajstić information content (AvgIpc) is 2.99. The molecule has 130 valence electrons. The van der Waals surface area contributed by atoms with E-state index in [1.165, 1.54) is 5.56 Å². The van der Waals surface area contributed by atoms with Crippen LogP contribution < -0.4 is 5.32 Å². The van der Waals surface area contributed by atoms with Crippen LogP contribution in [0, 0.1) is 0 Å². The molecule has 2 aromatic carbocycles. The van der Waals surface area contributed by atoms with Gasteiger partial charge in [-0.1, -0.05) is 41.9 Å². The van der Waals surface area contributed by atoms with Crippen LogP contribution in [0.4, 0.5) is 0 Å². The number of benzene rings is 2. The lowest BCUT2D eigenvalue weighted by Crippen LogP contribution is -2.83. The van der Waals surface area contributed by atoms with Gasteiger partial charge in [0.2, 0.25) is 5.76 Å². The van der Waals surface area contributed by atoms with E-state index in [0.717, 1.165) is 16.0 Å². The summed E-state index contributed by atoms with van der Waals surface area (Å²) >= 11 is 5.95. The van der Waals surface area contributed by atoms with E-state index in [-0.39, 0.29) is 6.04 Å². The number of carbonyl (C=O) groups excluding carboxylic acids is 1. The van der Waals surface area contributed by atoms with Crippen LogP contribution in [-0.2, 0) is 11.3 Å². The van der Waals surface area contributed by atoms with Crippen molar-refractivity contribution in [3.05, 3.63) is 70.4 Å². The number of furan rings is 1. The fourth-order valence-corrected chi connectivity index (χ4v) is 2.99. The van der Waals surface area contributed by atoms with Gasteiger partial charge in [0.25, 0.3) is 0 Å². The minimum absolute atomic E-state index is 0.223. The van der Waals surface area contributed by atoms with Crippen molar-refractivity contribution in [3.8, 4) is 0 Å². The molecule has 5 heteroatoms. The minimum atomic E-state index is -0.416. The predicted molar refractivity (Wildman–Crippen MR) is 97.7 cm³/mol. The first-order valence-corrected chi connectivity index (χ1v) is 8.74. The van der Waals surface area contributed by atoms with Gasteiger partial charge in [0.15, 0.2) is 0 Å². The molecule has 3 rings (SSSR count). The molecule has 0 bridgehead atoms. The summed E-state index contributed by atoms with van der Waals surface area (Å²) in [7, 11) is 0. The van der Waals surface area contributed by atoms with Gasteiger partial charge in [0.05, 0.1) is 12.2 Å². The number of hydrogen-bond acceptors (Lipinski definition) is 3. The highest BCUT2D eigenvalue weighted by molar-refractivity contribution is 6.30. The van der Waals surface area contributed by atoms with Crippen molar-refractivity contribution in [1.29, 1.82) is 0 Å². The van der Waals surface area contributed by atoms with Crippen molar-refractivity contribution >= 4 is 28.5 Å². The maximum absolute atomic E-state index is 12.2. The van der Waals surface area contributed by atoms with Crippen LogP contribution in [0.25, 0.3) is 11.0 Å². The Morgan fingerprint density at radius 3 is 2.64 bits per heavy atom. The van der Waals surface area contributed by atoms with Crippen LogP contribution >= 0.6 is 11.6 Å². The van der Waals surface area contributed by atoms with Gasteiger partial charge in [-0.3, -0.25) is 0 Å². The number of ether oxygens (including phenoxy) is 1. The molecule has 2 N–H and O–H groups in total. The second-order valence-electron chi connectivity index (χ2n) is 5.91. The van der Waals surface area contributed by atoms with E-state index in [0.29, 0.717) is 24.5 Å². The van der Waals surface area contributed by atoms with Crippen LogP contribution in [0.15, 0.2) is 52.9 Å². The maximum atomic E-state index is 12.2. The van der Waals surface area contributed by atoms with Crippen LogP contribution in [0.3, 0.4) is 0 Å². The second-order valence-corrected chi connectivity index (χ2v) is 6.34. The first-order chi connectivity index (χ1) is 12.1. The highest BCUT2D eigenvalue weighted by atomic mass is 35.5. The third kappa shape index (κ3) is 3.86. The summed E-state index contributed by atoms with van der Waals surface area (Å²) in [5.74, 6) is -0.121. The zero-order valence-corrected chi connectivity index (χ0v) is 15.0. The van der Waals surface area contributed by atoms with Crippen LogP contribution in [0.5, 0.6) is 0 Å². The number of quaternary nitrogens is 1. The zero-order valence-electron chi connectivity index (χ0n) is 14.3. The Morgan fingerprint density at radius 1 is 1.20 bits per heavy atom. The van der Waals surface area contributed by atoms with E-state index in [1.54, 1.807) is 6.92 Å². The summed E-state index contributed by atoms with van der Waals surface area (Å²) in [6.07, 6.45) is 0. The normalized spacial score (nSPS) is 12.3. The predicted octanol–water partition coefficient (Wildman–Crippen LogP) is 4.09. The number of carbonyl (C=O) groups is 1. The van der Waals surface area contributed by atoms with Crippen LogP contribution in [0.1, 0.15) is 41.6 Å². The molecule has 0 aliphatic carbocycles. The third-order valence-corrected chi connectivity index (χ3v) is 4.48. The van der Waals surface area contributed by atoms with Crippen molar-refractivity contribution in [2.45, 2.75) is 26.4 Å². The van der Waals surface area contributed by atoms with Crippen LogP contribution in [-0.4, -0.2) is 12.6 Å². The fraction of sp³-hybridized carbons (Fsp3) is 0.250. The lowest BCUT2D eigenvalue weighted by atomic mass is 10.1. The number of rotatable bonds is 6. The molecule has 0 amide bonds. The van der Waals surface area contributed by atoms with Crippen LogP contribution in [0.2, 0.25) is 5.02 Å². The first kappa shape index (κ1) is 17.5. The van der Waals surface area contributed by atoms with Gasteiger partial charge in [0.1, 0.15) is 18.2 Å². The Hall–Kier alpha value is -2.30. The van der Waals surface area contributed by atoms with Crippen molar-refractivity contribution in [3.63, 3.8) is 0 Å². The molecule has 0 aliphatic rings. The second kappa shape index (κ2) is 7.72. The number of esters is 1. The van der Waals surface area contributed by atoms with Gasteiger partial charge < -0.3 is 14.5 Å². The first-order valence-electron chi connectivity index (χ1n) is 8.36. The average molecular weight is 359 g/mol. The number of hydrogen-bond donors (Lipinski definition) is 1. The highest BCUT2D eigenvalue weighted by Gasteiger charge is 2.23. The summed E-state index contributed by atoms with van der Waals surface area (Å²) in [5.41, 5.74) is 2.75. The zero-order chi connectivity index (χ0) is 17.8. The van der Waals surface area contributed by atoms with Crippen molar-refractivity contribution in [2.24, 2.45) is 0 Å². The number of nitrogens with two attached hydrogens (primary N) is 1. The lowest BCUT2D eigenvalue weighted by molar-refractivity contribution is -0.707. The molecule has 25 heavy (non-hydrogen) atoms. The maximum Gasteiger partial charge on any atom is 0.374 e. The molecule has 3 aromatic rings. The van der Waals surface area contributed by atoms with E-state index in [9.17, 15) is 4.79 Å². The SMILES string of the molecule is CCOC(=O)c1oc2ccccc2c1C[NH2+][C@H](C)c1ccc(Cl)cc1. The van der Waals surface area contributed by atoms with E-state index < -0.39 is 5.97 Å². The van der Waals surface area contributed by atoms with Gasteiger partial charge in [-0.25, -0.2) is 4.79 Å². The molecule has 0 spiro atoms. The van der Waals surface area contributed by atoms with E-state index >= 15 is 0 Å². The topological polar surface area (TPSA) is 56.0 Å². The Kier molecular flexibility index (Phi) is 5.41. The van der Waals surface area contributed by atoms with Gasteiger partial charge in [-0.05, 0) is 32.0 Å². The molecule has 4 nitrogen and oxygen atoms in total. The Labute approximate surface area is 151 Å². The molecule has 0 radical (unpaired) electrons. The smallest absolute Gasteiger partial charge is 0.374 e. The molecular formula is C20H21ClNO3+. The Morgan fingerprint density at radius 2 is 1.92 bits per heavy atom. The Balaban J connectivity index is 1.85.